The highest BCUT2D eigenvalue weighted by molar-refractivity contribution is 6.07. The van der Waals surface area contributed by atoms with Crippen molar-refractivity contribution in [3.63, 3.8) is 0 Å². The predicted octanol–water partition coefficient (Wildman–Crippen LogP) is 3.32. The molecule has 3 nitrogen and oxygen atoms in total. The highest BCUT2D eigenvalue weighted by atomic mass is 16.5. The van der Waals surface area contributed by atoms with Crippen molar-refractivity contribution in [3.05, 3.63) is 29.5 Å². The van der Waals surface area contributed by atoms with Crippen LogP contribution in [0.1, 0.15) is 30.5 Å². The summed E-state index contributed by atoms with van der Waals surface area (Å²) in [5, 5.41) is 1.31. The van der Waals surface area contributed by atoms with Crippen LogP contribution in [-0.2, 0) is 6.42 Å². The first-order valence-electron chi connectivity index (χ1n) is 7.10. The molecule has 0 spiro atoms. The third kappa shape index (κ3) is 1.61. The molecule has 1 saturated carbocycles. The Bertz CT molecular complexity index is 665. The van der Waals surface area contributed by atoms with E-state index in [9.17, 15) is 0 Å². The number of hydrogen-bond acceptors (Lipinski definition) is 2. The molecule has 2 aromatic rings. The molecule has 1 aliphatic heterocycles. The highest BCUT2D eigenvalue weighted by Crippen LogP contribution is 2.36. The van der Waals surface area contributed by atoms with E-state index in [0.29, 0.717) is 5.92 Å². The molecule has 98 valence electrons. The monoisotopic (exact) mass is 254 g/mol. The smallest absolute Gasteiger partial charge is 0.119 e. The lowest BCUT2D eigenvalue weighted by Crippen LogP contribution is -2.26. The SMILES string of the molecule is COc1ccc2[nH]c3c(c2c1)CCN=C3C1CCC1. The summed E-state index contributed by atoms with van der Waals surface area (Å²) in [7, 11) is 1.72. The Kier molecular flexibility index (Phi) is 2.40. The second kappa shape index (κ2) is 4.12. The lowest BCUT2D eigenvalue weighted by molar-refractivity contribution is 0.412. The number of ether oxygens (including phenoxy) is 1. The summed E-state index contributed by atoms with van der Waals surface area (Å²) < 4.78 is 5.35. The van der Waals surface area contributed by atoms with Crippen molar-refractivity contribution >= 4 is 16.6 Å². The third-order valence-corrected chi connectivity index (χ3v) is 4.51. The summed E-state index contributed by atoms with van der Waals surface area (Å²) in [5.41, 5.74) is 5.26. The van der Waals surface area contributed by atoms with E-state index >= 15 is 0 Å². The molecule has 1 aromatic heterocycles. The minimum Gasteiger partial charge on any atom is -0.497 e. The van der Waals surface area contributed by atoms with E-state index in [1.165, 1.54) is 47.1 Å². The van der Waals surface area contributed by atoms with Gasteiger partial charge in [0.05, 0.1) is 18.5 Å². The summed E-state index contributed by atoms with van der Waals surface area (Å²) >= 11 is 0. The molecule has 1 aromatic carbocycles. The molecule has 4 rings (SSSR count). The minimum atomic E-state index is 0.689. The van der Waals surface area contributed by atoms with E-state index in [2.05, 4.69) is 17.1 Å². The van der Waals surface area contributed by atoms with Crippen LogP contribution in [-0.4, -0.2) is 24.4 Å². The number of aromatic amines is 1. The van der Waals surface area contributed by atoms with Crippen molar-refractivity contribution in [1.82, 2.24) is 4.98 Å². The molecule has 2 heterocycles. The summed E-state index contributed by atoms with van der Waals surface area (Å²) in [5.74, 6) is 1.62. The second-order valence-electron chi connectivity index (χ2n) is 5.53. The zero-order valence-electron chi connectivity index (χ0n) is 11.2. The Morgan fingerprint density at radius 2 is 2.21 bits per heavy atom. The van der Waals surface area contributed by atoms with Crippen molar-refractivity contribution in [1.29, 1.82) is 0 Å². The quantitative estimate of drug-likeness (QED) is 0.877. The Morgan fingerprint density at radius 1 is 1.32 bits per heavy atom. The maximum Gasteiger partial charge on any atom is 0.119 e. The number of rotatable bonds is 2. The largest absolute Gasteiger partial charge is 0.497 e. The molecule has 0 amide bonds. The summed E-state index contributed by atoms with van der Waals surface area (Å²) in [6, 6.07) is 6.28. The van der Waals surface area contributed by atoms with Crippen molar-refractivity contribution in [2.45, 2.75) is 25.7 Å². The number of aliphatic imine (C=N–C) groups is 1. The highest BCUT2D eigenvalue weighted by Gasteiger charge is 2.29. The summed E-state index contributed by atoms with van der Waals surface area (Å²) in [6.07, 6.45) is 5.00. The van der Waals surface area contributed by atoms with Gasteiger partial charge in [-0.05, 0) is 43.0 Å². The van der Waals surface area contributed by atoms with Gasteiger partial charge in [-0.3, -0.25) is 4.99 Å². The van der Waals surface area contributed by atoms with Crippen LogP contribution >= 0.6 is 0 Å². The minimum absolute atomic E-state index is 0.689. The molecule has 19 heavy (non-hydrogen) atoms. The molecule has 0 saturated heterocycles. The molecule has 3 heteroatoms. The Balaban J connectivity index is 1.88. The van der Waals surface area contributed by atoms with Gasteiger partial charge in [0.2, 0.25) is 0 Å². The van der Waals surface area contributed by atoms with Gasteiger partial charge in [-0.2, -0.15) is 0 Å². The van der Waals surface area contributed by atoms with Crippen LogP contribution < -0.4 is 4.74 Å². The number of fused-ring (bicyclic) bond motifs is 3. The van der Waals surface area contributed by atoms with Crippen LogP contribution in [0.25, 0.3) is 10.9 Å². The molecule has 1 aliphatic carbocycles. The van der Waals surface area contributed by atoms with Gasteiger partial charge in [0.1, 0.15) is 5.75 Å². The van der Waals surface area contributed by atoms with Crippen LogP contribution in [0.2, 0.25) is 0 Å². The molecule has 2 aliphatic rings. The van der Waals surface area contributed by atoms with E-state index < -0.39 is 0 Å². The van der Waals surface area contributed by atoms with Gasteiger partial charge >= 0.3 is 0 Å². The summed E-state index contributed by atoms with van der Waals surface area (Å²) in [4.78, 5) is 8.36. The Labute approximate surface area is 112 Å². The van der Waals surface area contributed by atoms with Crippen molar-refractivity contribution in [3.8, 4) is 5.75 Å². The Hall–Kier alpha value is -1.77. The maximum absolute atomic E-state index is 5.35. The fraction of sp³-hybridized carbons (Fsp3) is 0.438. The average Bonchev–Trinajstić information content (AvgIpc) is 2.75. The number of H-pyrrole nitrogens is 1. The van der Waals surface area contributed by atoms with Gasteiger partial charge in [-0.25, -0.2) is 0 Å². The number of aromatic nitrogens is 1. The van der Waals surface area contributed by atoms with E-state index in [4.69, 9.17) is 9.73 Å². The normalized spacial score (nSPS) is 18.9. The maximum atomic E-state index is 5.35. The van der Waals surface area contributed by atoms with Crippen LogP contribution in [0, 0.1) is 5.92 Å². The van der Waals surface area contributed by atoms with Gasteiger partial charge < -0.3 is 9.72 Å². The zero-order valence-corrected chi connectivity index (χ0v) is 11.2. The Morgan fingerprint density at radius 3 is 2.95 bits per heavy atom. The number of nitrogens with one attached hydrogen (secondary N) is 1. The van der Waals surface area contributed by atoms with Crippen molar-refractivity contribution in [2.75, 3.05) is 13.7 Å². The molecular formula is C16H18N2O. The van der Waals surface area contributed by atoms with Gasteiger partial charge in [-0.15, -0.1) is 0 Å². The zero-order chi connectivity index (χ0) is 12.8. The van der Waals surface area contributed by atoms with Crippen LogP contribution in [0.15, 0.2) is 23.2 Å². The molecular weight excluding hydrogens is 236 g/mol. The third-order valence-electron chi connectivity index (χ3n) is 4.51. The van der Waals surface area contributed by atoms with E-state index in [0.717, 1.165) is 18.7 Å². The predicted molar refractivity (Wildman–Crippen MR) is 77.3 cm³/mol. The van der Waals surface area contributed by atoms with Gasteiger partial charge in [0.25, 0.3) is 0 Å². The van der Waals surface area contributed by atoms with E-state index in [-0.39, 0.29) is 0 Å². The average molecular weight is 254 g/mol. The fourth-order valence-corrected chi connectivity index (χ4v) is 3.21. The van der Waals surface area contributed by atoms with Gasteiger partial charge in [0.15, 0.2) is 0 Å². The van der Waals surface area contributed by atoms with Crippen LogP contribution in [0.5, 0.6) is 5.75 Å². The van der Waals surface area contributed by atoms with E-state index in [1.807, 2.05) is 6.07 Å². The van der Waals surface area contributed by atoms with Crippen molar-refractivity contribution < 1.29 is 4.74 Å². The van der Waals surface area contributed by atoms with Gasteiger partial charge in [0, 0.05) is 23.4 Å². The first-order valence-corrected chi connectivity index (χ1v) is 7.10. The second-order valence-corrected chi connectivity index (χ2v) is 5.53. The molecule has 0 unspecified atom stereocenters. The fourth-order valence-electron chi connectivity index (χ4n) is 3.21. The van der Waals surface area contributed by atoms with Crippen molar-refractivity contribution in [2.24, 2.45) is 10.9 Å². The lowest BCUT2D eigenvalue weighted by Gasteiger charge is -2.29. The standard InChI is InChI=1S/C16H18N2O/c1-19-11-5-6-14-13(9-11)12-7-8-17-15(16(12)18-14)10-3-2-4-10/h5-6,9-10,18H,2-4,7-8H2,1H3. The molecule has 0 bridgehead atoms. The van der Waals surface area contributed by atoms with Crippen LogP contribution in [0.3, 0.4) is 0 Å². The topological polar surface area (TPSA) is 37.4 Å². The molecule has 0 atom stereocenters. The molecule has 1 N–H and O–H groups in total. The summed E-state index contributed by atoms with van der Waals surface area (Å²) in [6.45, 7) is 0.934. The lowest BCUT2D eigenvalue weighted by atomic mass is 9.79. The van der Waals surface area contributed by atoms with Gasteiger partial charge in [-0.1, -0.05) is 6.42 Å². The van der Waals surface area contributed by atoms with Crippen LogP contribution in [0.4, 0.5) is 0 Å². The molecule has 0 radical (unpaired) electrons. The number of nitrogens with zero attached hydrogens (tertiary/aromatic N) is 1. The molecule has 1 fully saturated rings. The number of benzene rings is 1. The number of hydrogen-bond donors (Lipinski definition) is 1. The number of methoxy groups -OCH3 is 1. The van der Waals surface area contributed by atoms with E-state index in [1.54, 1.807) is 7.11 Å². The first kappa shape index (κ1) is 11.1. The first-order chi connectivity index (χ1) is 9.36.